The number of hydrogen-bond acceptors (Lipinski definition) is 12. The fourth-order valence-electron chi connectivity index (χ4n) is 8.01. The van der Waals surface area contributed by atoms with Crippen LogP contribution < -0.4 is 10.6 Å². The fraction of sp³-hybridized carbons (Fsp3) is 0.433. The van der Waals surface area contributed by atoms with Crippen molar-refractivity contribution in [3.8, 4) is 24.2 Å². The predicted octanol–water partition coefficient (Wildman–Crippen LogP) is 7.31. The van der Waals surface area contributed by atoms with Gasteiger partial charge in [0, 0.05) is 72.8 Å². The van der Waals surface area contributed by atoms with Crippen molar-refractivity contribution in [2.75, 3.05) is 54.6 Å². The van der Waals surface area contributed by atoms with E-state index < -0.39 is 65.0 Å². The summed E-state index contributed by atoms with van der Waals surface area (Å²) in [5.74, 6) is 5.54. The van der Waals surface area contributed by atoms with E-state index in [9.17, 15) is 39.0 Å². The lowest BCUT2D eigenvalue weighted by atomic mass is 9.92. The summed E-state index contributed by atoms with van der Waals surface area (Å²) in [4.78, 5) is 79.9. The van der Waals surface area contributed by atoms with Crippen LogP contribution in [0.3, 0.4) is 0 Å². The number of amides is 4. The van der Waals surface area contributed by atoms with E-state index in [2.05, 4.69) is 51.0 Å². The second-order valence-corrected chi connectivity index (χ2v) is 19.9. The first-order chi connectivity index (χ1) is 36.8. The van der Waals surface area contributed by atoms with Crippen molar-refractivity contribution in [3.05, 3.63) is 140 Å². The van der Waals surface area contributed by atoms with Crippen LogP contribution >= 0.6 is 22.6 Å². The Morgan fingerprint density at radius 1 is 0.623 bits per heavy atom. The molecule has 0 spiro atoms. The number of carbonyl (C=O) groups excluding carboxylic acids is 6. The summed E-state index contributed by atoms with van der Waals surface area (Å²) in [7, 11) is 5.73. The third-order valence-electron chi connectivity index (χ3n) is 13.6. The molecule has 77 heavy (non-hydrogen) atoms. The molecule has 4 N–H and O–H groups in total. The Balaban J connectivity index is 0.000000283. The van der Waals surface area contributed by atoms with Crippen molar-refractivity contribution >= 4 is 57.8 Å². The van der Waals surface area contributed by atoms with Crippen LogP contribution in [-0.4, -0.2) is 133 Å². The molecule has 16 nitrogen and oxygen atoms in total. The molecule has 4 amide bonds. The molecular weight excluding hydrogens is 1100 g/mol. The standard InChI is InChI=1S/C30H36N2O6.C19H25IN2O5.C11H12O/c1-5-25(33)23-15-11-21(12-16-23)9-10-22-13-17-24(18-14-22)28(35)32(4)30(2,29(36)31-3)26(34)20-38-27-8-6-7-19-37-27;1-19(18(25)21-2,15(23)12-27-16-6-4-5-11-26-16)22(3)17(24)13-7-9-14(20)10-8-13;1-3-9-5-7-10(8-6-9)11(12)4-2/h11-18,25,27,33H,5-8,19-20H2,1-4H3,(H,31,36);7-10,16H,4-6,11-12H2,1-3H3,(H,21,25);1,5-8,11-12H,4H2,2H3/t25?,27?,30-;16?,19-;/m11./s1. The second kappa shape index (κ2) is 31.2. The van der Waals surface area contributed by atoms with Gasteiger partial charge in [-0.2, -0.15) is 0 Å². The van der Waals surface area contributed by atoms with E-state index in [1.165, 1.54) is 46.9 Å². The molecule has 2 aliphatic rings. The second-order valence-electron chi connectivity index (χ2n) is 18.7. The third-order valence-corrected chi connectivity index (χ3v) is 14.3. The molecule has 412 valence electrons. The van der Waals surface area contributed by atoms with Crippen molar-refractivity contribution < 1.29 is 57.9 Å². The van der Waals surface area contributed by atoms with Crippen molar-refractivity contribution in [2.24, 2.45) is 0 Å². The van der Waals surface area contributed by atoms with E-state index >= 15 is 0 Å². The molecule has 2 fully saturated rings. The minimum atomic E-state index is -1.77. The summed E-state index contributed by atoms with van der Waals surface area (Å²) in [5.41, 5.74) is 1.39. The van der Waals surface area contributed by atoms with Crippen LogP contribution in [-0.2, 0) is 38.1 Å². The third kappa shape index (κ3) is 17.6. The van der Waals surface area contributed by atoms with Crippen molar-refractivity contribution in [1.82, 2.24) is 20.4 Å². The quantitative estimate of drug-likeness (QED) is 0.0439. The van der Waals surface area contributed by atoms with Crippen LogP contribution in [0.25, 0.3) is 0 Å². The zero-order chi connectivity index (χ0) is 56.7. The number of benzene rings is 4. The Hall–Kier alpha value is -6.29. The van der Waals surface area contributed by atoms with E-state index in [1.807, 2.05) is 62.4 Å². The number of aliphatic hydroxyl groups is 2. The number of Topliss-reactive ketones (excluding diaryl/α,β-unsaturated/α-hetero) is 2. The lowest BCUT2D eigenvalue weighted by molar-refractivity contribution is -0.174. The number of carbonyl (C=O) groups is 6. The van der Waals surface area contributed by atoms with Gasteiger partial charge in [-0.3, -0.25) is 28.8 Å². The summed E-state index contributed by atoms with van der Waals surface area (Å²) in [6, 6.07) is 28.4. The first kappa shape index (κ1) is 63.2. The molecule has 4 unspecified atom stereocenters. The van der Waals surface area contributed by atoms with Crippen LogP contribution in [0.1, 0.15) is 140 Å². The first-order valence-corrected chi connectivity index (χ1v) is 26.8. The highest BCUT2D eigenvalue weighted by Gasteiger charge is 2.48. The van der Waals surface area contributed by atoms with E-state index in [0.717, 1.165) is 62.8 Å². The van der Waals surface area contributed by atoms with Gasteiger partial charge in [-0.15, -0.1) is 6.42 Å². The van der Waals surface area contributed by atoms with E-state index in [4.69, 9.17) is 25.4 Å². The molecule has 6 rings (SSSR count). The normalized spacial score (nSPS) is 17.1. The van der Waals surface area contributed by atoms with E-state index in [0.29, 0.717) is 49.2 Å². The first-order valence-electron chi connectivity index (χ1n) is 25.7. The van der Waals surface area contributed by atoms with Gasteiger partial charge in [0.15, 0.2) is 35.2 Å². The number of ether oxygens (including phenoxy) is 4. The van der Waals surface area contributed by atoms with Crippen LogP contribution in [0.5, 0.6) is 0 Å². The molecule has 0 bridgehead atoms. The molecule has 0 aliphatic carbocycles. The van der Waals surface area contributed by atoms with Gasteiger partial charge >= 0.3 is 0 Å². The summed E-state index contributed by atoms with van der Waals surface area (Å²) in [5, 5.41) is 24.3. The molecule has 4 aromatic carbocycles. The number of ketones is 2. The maximum absolute atomic E-state index is 13.3. The minimum Gasteiger partial charge on any atom is -0.388 e. The van der Waals surface area contributed by atoms with Gasteiger partial charge in [-0.05, 0) is 172 Å². The minimum absolute atomic E-state index is 0.307. The van der Waals surface area contributed by atoms with Crippen molar-refractivity contribution in [3.63, 3.8) is 0 Å². The van der Waals surface area contributed by atoms with Gasteiger partial charge < -0.3 is 49.6 Å². The Bertz CT molecular complexity index is 2690. The Kier molecular flexibility index (Phi) is 25.6. The van der Waals surface area contributed by atoms with Crippen LogP contribution in [0.2, 0.25) is 0 Å². The van der Waals surface area contributed by atoms with Crippen LogP contribution in [0.4, 0.5) is 0 Å². The smallest absolute Gasteiger partial charge is 0.254 e. The average Bonchev–Trinajstić information content (AvgIpc) is 3.48. The number of likely N-dealkylation sites (N-methyl/N-ethyl adjacent to an activating group) is 4. The predicted molar refractivity (Wildman–Crippen MR) is 301 cm³/mol. The largest absolute Gasteiger partial charge is 0.388 e. The fourth-order valence-corrected chi connectivity index (χ4v) is 8.37. The molecule has 2 heterocycles. The number of terminal acetylenes is 1. The SMILES string of the molecule is C#Cc1ccc(C(O)CC)cc1.CCC(O)c1ccc(C#Cc2ccc(C(=O)N(C)[C@](C)(C(=O)COC3CCCCO3)C(=O)NC)cc2)cc1.CNC(=O)[C@@](C)(C(=O)COC1CCCCO1)N(C)C(=O)c1ccc(I)cc1. The van der Waals surface area contributed by atoms with Crippen LogP contribution in [0.15, 0.2) is 97.1 Å². The summed E-state index contributed by atoms with van der Waals surface area (Å²) >= 11 is 2.14. The number of nitrogens with zero attached hydrogens (tertiary/aromatic N) is 2. The number of hydrogen-bond donors (Lipinski definition) is 4. The Morgan fingerprint density at radius 3 is 1.30 bits per heavy atom. The molecule has 6 atom stereocenters. The summed E-state index contributed by atoms with van der Waals surface area (Å²) in [6.45, 7) is 7.23. The Labute approximate surface area is 467 Å². The average molecular weight is 1170 g/mol. The van der Waals surface area contributed by atoms with Gasteiger partial charge in [0.05, 0.1) is 12.2 Å². The molecule has 2 aliphatic heterocycles. The van der Waals surface area contributed by atoms with Gasteiger partial charge in [0.25, 0.3) is 23.6 Å². The Morgan fingerprint density at radius 2 is 0.974 bits per heavy atom. The molecule has 0 aromatic heterocycles. The maximum atomic E-state index is 13.3. The highest BCUT2D eigenvalue weighted by molar-refractivity contribution is 14.1. The monoisotopic (exact) mass is 1170 g/mol. The number of rotatable bonds is 18. The van der Waals surface area contributed by atoms with Gasteiger partial charge in [-0.1, -0.05) is 55.9 Å². The molecule has 17 heteroatoms. The van der Waals surface area contributed by atoms with E-state index in [1.54, 1.807) is 48.5 Å². The number of aliphatic hydroxyl groups excluding tert-OH is 2. The van der Waals surface area contributed by atoms with Gasteiger partial charge in [0.1, 0.15) is 13.2 Å². The van der Waals surface area contributed by atoms with Gasteiger partial charge in [0.2, 0.25) is 0 Å². The highest BCUT2D eigenvalue weighted by atomic mass is 127. The lowest BCUT2D eigenvalue weighted by Gasteiger charge is -2.36. The summed E-state index contributed by atoms with van der Waals surface area (Å²) < 4.78 is 23.1. The molecule has 0 radical (unpaired) electrons. The number of halogens is 1. The van der Waals surface area contributed by atoms with Crippen molar-refractivity contribution in [1.29, 1.82) is 0 Å². The van der Waals surface area contributed by atoms with Gasteiger partial charge in [-0.25, -0.2) is 0 Å². The lowest BCUT2D eigenvalue weighted by Crippen LogP contribution is -2.62. The topological polar surface area (TPSA) is 210 Å². The molecule has 2 saturated heterocycles. The zero-order valence-corrected chi connectivity index (χ0v) is 47.5. The van der Waals surface area contributed by atoms with E-state index in [-0.39, 0.29) is 19.3 Å². The van der Waals surface area contributed by atoms with Crippen LogP contribution in [0, 0.1) is 27.8 Å². The maximum Gasteiger partial charge on any atom is 0.254 e. The summed E-state index contributed by atoms with van der Waals surface area (Å²) in [6.07, 6.45) is 10.0. The molecular formula is C60H73IN4O12. The highest BCUT2D eigenvalue weighted by Crippen LogP contribution is 2.24. The zero-order valence-electron chi connectivity index (χ0n) is 45.4. The van der Waals surface area contributed by atoms with Crippen molar-refractivity contribution in [2.45, 2.75) is 115 Å². The molecule has 4 aromatic rings. The number of nitrogens with one attached hydrogen (secondary N) is 2. The molecule has 0 saturated carbocycles.